The van der Waals surface area contributed by atoms with E-state index in [1.165, 1.54) is 5.56 Å². The number of rotatable bonds is 3. The summed E-state index contributed by atoms with van der Waals surface area (Å²) < 4.78 is 5.81. The number of ether oxygens (including phenoxy) is 1. The Labute approximate surface area is 152 Å². The number of carbonyl (C=O) groups is 1. The zero-order chi connectivity index (χ0) is 17.9. The summed E-state index contributed by atoms with van der Waals surface area (Å²) in [6.45, 7) is 4.43. The fourth-order valence-corrected chi connectivity index (χ4v) is 3.79. The summed E-state index contributed by atoms with van der Waals surface area (Å²) >= 11 is 0. The molecule has 0 unspecified atom stereocenters. The van der Waals surface area contributed by atoms with Crippen LogP contribution in [0.15, 0.2) is 36.7 Å². The van der Waals surface area contributed by atoms with Crippen LogP contribution in [0.3, 0.4) is 0 Å². The average molecular weight is 351 g/mol. The topological polar surface area (TPSA) is 85.2 Å². The largest absolute Gasteiger partial charge is 0.379 e. The Morgan fingerprint density at radius 2 is 2.12 bits per heavy atom. The number of aromatic nitrogens is 2. The number of hydrogen-bond donors (Lipinski definition) is 1. The van der Waals surface area contributed by atoms with Crippen molar-refractivity contribution in [2.45, 2.75) is 12.6 Å². The summed E-state index contributed by atoms with van der Waals surface area (Å²) in [6, 6.07) is 9.89. The Hall–Kier alpha value is -2.69. The number of aromatic amines is 1. The molecule has 1 aromatic heterocycles. The van der Waals surface area contributed by atoms with E-state index < -0.39 is 0 Å². The van der Waals surface area contributed by atoms with E-state index in [9.17, 15) is 4.79 Å². The molecule has 0 spiro atoms. The van der Waals surface area contributed by atoms with Gasteiger partial charge in [-0.1, -0.05) is 12.1 Å². The molecule has 1 aromatic carbocycles. The zero-order valence-corrected chi connectivity index (χ0v) is 14.5. The third-order valence-corrected chi connectivity index (χ3v) is 5.04. The van der Waals surface area contributed by atoms with Gasteiger partial charge in [-0.25, -0.2) is 0 Å². The number of nitrogens with zero attached hydrogens (tertiary/aromatic N) is 4. The van der Waals surface area contributed by atoms with Crippen molar-refractivity contribution in [1.82, 2.24) is 20.0 Å². The first kappa shape index (κ1) is 16.8. The van der Waals surface area contributed by atoms with Crippen LogP contribution in [0.4, 0.5) is 0 Å². The smallest absolute Gasteiger partial charge is 0.257 e. The maximum Gasteiger partial charge on any atom is 0.257 e. The molecule has 134 valence electrons. The molecular weight excluding hydrogens is 330 g/mol. The highest BCUT2D eigenvalue weighted by molar-refractivity contribution is 5.94. The van der Waals surface area contributed by atoms with Gasteiger partial charge in [0, 0.05) is 38.3 Å². The highest BCUT2D eigenvalue weighted by Crippen LogP contribution is 2.23. The van der Waals surface area contributed by atoms with Gasteiger partial charge in [-0.3, -0.25) is 14.8 Å². The first-order chi connectivity index (χ1) is 12.7. The third kappa shape index (κ3) is 3.47. The first-order valence-electron chi connectivity index (χ1n) is 8.82. The fraction of sp³-hybridized carbons (Fsp3) is 0.421. The maximum atomic E-state index is 12.9. The number of amides is 1. The molecule has 26 heavy (non-hydrogen) atoms. The zero-order valence-electron chi connectivity index (χ0n) is 14.5. The van der Waals surface area contributed by atoms with Gasteiger partial charge < -0.3 is 9.64 Å². The Bertz CT molecular complexity index is 796. The summed E-state index contributed by atoms with van der Waals surface area (Å²) in [5.41, 5.74) is 2.44. The summed E-state index contributed by atoms with van der Waals surface area (Å²) in [5.74, 6) is 0.302. The number of nitrogens with one attached hydrogen (secondary N) is 1. The molecule has 2 aliphatic rings. The lowest BCUT2D eigenvalue weighted by Gasteiger charge is -2.31. The summed E-state index contributed by atoms with van der Waals surface area (Å²) in [6.07, 6.45) is 3.22. The number of H-pyrrole nitrogens is 1. The summed E-state index contributed by atoms with van der Waals surface area (Å²) in [7, 11) is 0. The van der Waals surface area contributed by atoms with Crippen LogP contribution in [0.2, 0.25) is 0 Å². The van der Waals surface area contributed by atoms with E-state index in [2.05, 4.69) is 21.2 Å². The molecule has 2 bridgehead atoms. The quantitative estimate of drug-likeness (QED) is 0.900. The Kier molecular flexibility index (Phi) is 4.69. The summed E-state index contributed by atoms with van der Waals surface area (Å²) in [5, 5.41) is 15.5. The Morgan fingerprint density at radius 3 is 2.85 bits per heavy atom. The van der Waals surface area contributed by atoms with Crippen LogP contribution in [0.5, 0.6) is 0 Å². The molecule has 0 aliphatic carbocycles. The van der Waals surface area contributed by atoms with Crippen molar-refractivity contribution in [2.75, 3.05) is 32.8 Å². The second kappa shape index (κ2) is 7.28. The van der Waals surface area contributed by atoms with E-state index in [1.807, 2.05) is 29.2 Å². The van der Waals surface area contributed by atoms with E-state index in [1.54, 1.807) is 12.4 Å². The molecule has 1 N–H and O–H groups in total. The molecule has 4 rings (SSSR count). The van der Waals surface area contributed by atoms with Crippen molar-refractivity contribution in [2.24, 2.45) is 5.92 Å². The van der Waals surface area contributed by atoms with Gasteiger partial charge in [-0.2, -0.15) is 10.4 Å². The minimum Gasteiger partial charge on any atom is -0.379 e. The van der Waals surface area contributed by atoms with Crippen LogP contribution in [0.25, 0.3) is 0 Å². The molecule has 0 saturated carbocycles. The van der Waals surface area contributed by atoms with Crippen LogP contribution < -0.4 is 0 Å². The SMILES string of the molecule is N#Cc1ccc(CN2C[C@@H]3COC[C@H](C2)N(C(=O)c2cn[nH]c2)C3)cc1. The van der Waals surface area contributed by atoms with E-state index in [4.69, 9.17) is 10.00 Å². The Morgan fingerprint density at radius 1 is 1.27 bits per heavy atom. The molecule has 2 atom stereocenters. The van der Waals surface area contributed by atoms with Crippen LogP contribution in [-0.4, -0.2) is 64.8 Å². The lowest BCUT2D eigenvalue weighted by molar-refractivity contribution is 0.0424. The normalized spacial score (nSPS) is 23.3. The number of hydrogen-bond acceptors (Lipinski definition) is 5. The standard InChI is InChI=1S/C19H21N5O2/c20-5-14-1-3-15(4-2-14)8-23-9-16-10-24(18(11-23)13-26-12-16)19(25)17-6-21-22-7-17/h1-4,6-7,16,18H,8-13H2,(H,21,22)/t16-,18-/m0/s1. The first-order valence-corrected chi connectivity index (χ1v) is 8.82. The van der Waals surface area contributed by atoms with Gasteiger partial charge in [0.2, 0.25) is 0 Å². The minimum atomic E-state index is 0.0134. The molecule has 1 amide bonds. The fourth-order valence-electron chi connectivity index (χ4n) is 3.79. The Balaban J connectivity index is 1.50. The van der Waals surface area contributed by atoms with Gasteiger partial charge >= 0.3 is 0 Å². The van der Waals surface area contributed by atoms with Crippen LogP contribution >= 0.6 is 0 Å². The van der Waals surface area contributed by atoms with Crippen LogP contribution in [-0.2, 0) is 11.3 Å². The van der Waals surface area contributed by atoms with Crippen LogP contribution in [0.1, 0.15) is 21.5 Å². The molecule has 2 saturated heterocycles. The van der Waals surface area contributed by atoms with Gasteiger partial charge in [-0.05, 0) is 17.7 Å². The highest BCUT2D eigenvalue weighted by Gasteiger charge is 2.36. The second-order valence-corrected chi connectivity index (χ2v) is 7.00. The molecule has 3 heterocycles. The molecule has 2 aromatic rings. The molecule has 2 aliphatic heterocycles. The van der Waals surface area contributed by atoms with E-state index in [0.717, 1.165) is 19.6 Å². The van der Waals surface area contributed by atoms with Gasteiger partial charge in [0.25, 0.3) is 5.91 Å². The number of fused-ring (bicyclic) bond motifs is 3. The molecule has 2 fully saturated rings. The van der Waals surface area contributed by atoms with Crippen molar-refractivity contribution in [3.8, 4) is 6.07 Å². The second-order valence-electron chi connectivity index (χ2n) is 7.00. The minimum absolute atomic E-state index is 0.0134. The van der Waals surface area contributed by atoms with Crippen molar-refractivity contribution in [3.63, 3.8) is 0 Å². The van der Waals surface area contributed by atoms with Gasteiger partial charge in [-0.15, -0.1) is 0 Å². The van der Waals surface area contributed by atoms with E-state index in [-0.39, 0.29) is 17.9 Å². The number of benzene rings is 1. The van der Waals surface area contributed by atoms with Crippen molar-refractivity contribution in [1.29, 1.82) is 5.26 Å². The van der Waals surface area contributed by atoms with Gasteiger partial charge in [0.1, 0.15) is 0 Å². The molecular formula is C19H21N5O2. The predicted molar refractivity (Wildman–Crippen MR) is 94.2 cm³/mol. The highest BCUT2D eigenvalue weighted by atomic mass is 16.5. The van der Waals surface area contributed by atoms with E-state index >= 15 is 0 Å². The molecule has 7 heteroatoms. The van der Waals surface area contributed by atoms with Crippen molar-refractivity contribution >= 4 is 5.91 Å². The average Bonchev–Trinajstić information content (AvgIpc) is 3.04. The van der Waals surface area contributed by atoms with Gasteiger partial charge in [0.15, 0.2) is 0 Å². The number of nitriles is 1. The van der Waals surface area contributed by atoms with Crippen molar-refractivity contribution < 1.29 is 9.53 Å². The maximum absolute atomic E-state index is 12.9. The molecule has 0 radical (unpaired) electrons. The van der Waals surface area contributed by atoms with Gasteiger partial charge in [0.05, 0.1) is 42.6 Å². The monoisotopic (exact) mass is 351 g/mol. The number of carbonyl (C=O) groups excluding carboxylic acids is 1. The lowest BCUT2D eigenvalue weighted by atomic mass is 10.1. The summed E-state index contributed by atoms with van der Waals surface area (Å²) in [4.78, 5) is 17.2. The third-order valence-electron chi connectivity index (χ3n) is 5.04. The van der Waals surface area contributed by atoms with Crippen LogP contribution in [0, 0.1) is 17.2 Å². The van der Waals surface area contributed by atoms with Crippen molar-refractivity contribution in [3.05, 3.63) is 53.3 Å². The lowest BCUT2D eigenvalue weighted by Crippen LogP contribution is -2.46. The predicted octanol–water partition coefficient (Wildman–Crippen LogP) is 1.25. The molecule has 7 nitrogen and oxygen atoms in total. The van der Waals surface area contributed by atoms with E-state index in [0.29, 0.717) is 30.9 Å².